The lowest BCUT2D eigenvalue weighted by molar-refractivity contribution is -0.111. The lowest BCUT2D eigenvalue weighted by Crippen LogP contribution is -2.07. The highest BCUT2D eigenvalue weighted by molar-refractivity contribution is 6.01. The molecule has 0 radical (unpaired) electrons. The maximum absolute atomic E-state index is 12.1. The predicted molar refractivity (Wildman–Crippen MR) is 109 cm³/mol. The molecule has 0 atom stereocenters. The lowest BCUT2D eigenvalue weighted by atomic mass is 10.2. The summed E-state index contributed by atoms with van der Waals surface area (Å²) >= 11 is 0. The maximum Gasteiger partial charge on any atom is 0.248 e. The first-order valence-corrected chi connectivity index (χ1v) is 9.19. The summed E-state index contributed by atoms with van der Waals surface area (Å²) in [7, 11) is 1.60. The van der Waals surface area contributed by atoms with Gasteiger partial charge in [0, 0.05) is 11.8 Å². The number of benzene rings is 2. The molecule has 144 valence electrons. The normalized spacial score (nSPS) is 10.6. The molecule has 2 aromatic carbocycles. The van der Waals surface area contributed by atoms with Crippen LogP contribution < -0.4 is 19.5 Å². The van der Waals surface area contributed by atoms with E-state index in [9.17, 15) is 4.79 Å². The smallest absolute Gasteiger partial charge is 0.248 e. The molecule has 0 aliphatic carbocycles. The van der Waals surface area contributed by atoms with Gasteiger partial charge in [0.25, 0.3) is 0 Å². The minimum Gasteiger partial charge on any atom is -0.497 e. The van der Waals surface area contributed by atoms with Crippen LogP contribution in [0.2, 0.25) is 0 Å². The van der Waals surface area contributed by atoms with Gasteiger partial charge in [0.2, 0.25) is 5.91 Å². The van der Waals surface area contributed by atoms with Crippen LogP contribution in [0.1, 0.15) is 32.3 Å². The van der Waals surface area contributed by atoms with E-state index in [0.717, 1.165) is 29.9 Å². The Bertz CT molecular complexity index is 753. The molecule has 0 aliphatic heterocycles. The molecule has 0 aromatic heterocycles. The summed E-state index contributed by atoms with van der Waals surface area (Å²) in [6, 6.07) is 12.8. The first kappa shape index (κ1) is 20.4. The highest BCUT2D eigenvalue weighted by atomic mass is 16.5. The second-order valence-corrected chi connectivity index (χ2v) is 5.89. The molecule has 1 amide bonds. The average Bonchev–Trinajstić information content (AvgIpc) is 2.69. The van der Waals surface area contributed by atoms with Crippen LogP contribution in [0.25, 0.3) is 6.08 Å². The molecule has 0 heterocycles. The molecular formula is C22H27NO4. The van der Waals surface area contributed by atoms with Crippen molar-refractivity contribution in [3.8, 4) is 17.2 Å². The van der Waals surface area contributed by atoms with Gasteiger partial charge in [-0.25, -0.2) is 0 Å². The Balaban J connectivity index is 2.01. The summed E-state index contributed by atoms with van der Waals surface area (Å²) in [4.78, 5) is 12.1. The highest BCUT2D eigenvalue weighted by Gasteiger charge is 2.06. The molecule has 2 aromatic rings. The summed E-state index contributed by atoms with van der Waals surface area (Å²) in [5.74, 6) is 1.95. The number of rotatable bonds is 10. The third kappa shape index (κ3) is 6.70. The number of amides is 1. The molecule has 0 spiro atoms. The van der Waals surface area contributed by atoms with Crippen molar-refractivity contribution in [1.29, 1.82) is 0 Å². The highest BCUT2D eigenvalue weighted by Crippen LogP contribution is 2.29. The SMILES string of the molecule is CCCCOc1ccc(/C=C/C(=O)Nc2ccc(OC)cc2)cc1OCC. The number of carbonyl (C=O) groups excluding carboxylic acids is 1. The topological polar surface area (TPSA) is 56.8 Å². The standard InChI is InChI=1S/C22H27NO4/c1-4-6-15-27-20-13-7-17(16-21(20)26-5-2)8-14-22(24)23-18-9-11-19(25-3)12-10-18/h7-14,16H,4-6,15H2,1-3H3,(H,23,24)/b14-8+. The van der Waals surface area contributed by atoms with Gasteiger partial charge in [0.1, 0.15) is 5.75 Å². The van der Waals surface area contributed by atoms with E-state index in [0.29, 0.717) is 24.7 Å². The van der Waals surface area contributed by atoms with Gasteiger partial charge in [-0.05, 0) is 61.4 Å². The van der Waals surface area contributed by atoms with Crippen molar-refractivity contribution in [3.63, 3.8) is 0 Å². The second-order valence-electron chi connectivity index (χ2n) is 5.89. The quantitative estimate of drug-likeness (QED) is 0.477. The fourth-order valence-electron chi connectivity index (χ4n) is 2.37. The van der Waals surface area contributed by atoms with Crippen LogP contribution in [0.15, 0.2) is 48.5 Å². The van der Waals surface area contributed by atoms with E-state index >= 15 is 0 Å². The molecule has 2 rings (SSSR count). The van der Waals surface area contributed by atoms with Crippen LogP contribution in [-0.4, -0.2) is 26.2 Å². The number of carbonyl (C=O) groups is 1. The van der Waals surface area contributed by atoms with Crippen LogP contribution >= 0.6 is 0 Å². The molecule has 1 N–H and O–H groups in total. The van der Waals surface area contributed by atoms with Crippen molar-refractivity contribution in [2.24, 2.45) is 0 Å². The number of unbranched alkanes of at least 4 members (excludes halogenated alkanes) is 1. The van der Waals surface area contributed by atoms with Gasteiger partial charge < -0.3 is 19.5 Å². The molecule has 5 heteroatoms. The Morgan fingerprint density at radius 1 is 1.04 bits per heavy atom. The molecule has 0 aliphatic rings. The molecule has 5 nitrogen and oxygen atoms in total. The van der Waals surface area contributed by atoms with E-state index in [4.69, 9.17) is 14.2 Å². The summed E-state index contributed by atoms with van der Waals surface area (Å²) in [5.41, 5.74) is 1.58. The molecule has 0 fully saturated rings. The van der Waals surface area contributed by atoms with Crippen molar-refractivity contribution >= 4 is 17.7 Å². The summed E-state index contributed by atoms with van der Waals surface area (Å²) < 4.78 is 16.5. The van der Waals surface area contributed by atoms with E-state index in [-0.39, 0.29) is 5.91 Å². The Hall–Kier alpha value is -2.95. The maximum atomic E-state index is 12.1. The van der Waals surface area contributed by atoms with E-state index in [1.54, 1.807) is 37.5 Å². The Morgan fingerprint density at radius 2 is 1.81 bits per heavy atom. The Kier molecular flexibility index (Phi) is 8.23. The predicted octanol–water partition coefficient (Wildman–Crippen LogP) is 4.92. The monoisotopic (exact) mass is 369 g/mol. The van der Waals surface area contributed by atoms with Gasteiger partial charge >= 0.3 is 0 Å². The fraction of sp³-hybridized carbons (Fsp3) is 0.318. The minimum absolute atomic E-state index is 0.207. The van der Waals surface area contributed by atoms with E-state index in [1.807, 2.05) is 25.1 Å². The van der Waals surface area contributed by atoms with Crippen molar-refractivity contribution in [2.75, 3.05) is 25.6 Å². The first-order chi connectivity index (χ1) is 13.2. The zero-order valence-corrected chi connectivity index (χ0v) is 16.2. The molecular weight excluding hydrogens is 342 g/mol. The number of hydrogen-bond acceptors (Lipinski definition) is 4. The van der Waals surface area contributed by atoms with Gasteiger partial charge in [-0.1, -0.05) is 19.4 Å². The van der Waals surface area contributed by atoms with Crippen LogP contribution in [0.5, 0.6) is 17.2 Å². The first-order valence-electron chi connectivity index (χ1n) is 9.19. The average molecular weight is 369 g/mol. The second kappa shape index (κ2) is 10.9. The van der Waals surface area contributed by atoms with Gasteiger partial charge in [0.05, 0.1) is 20.3 Å². The van der Waals surface area contributed by atoms with Crippen molar-refractivity contribution in [1.82, 2.24) is 0 Å². The third-order valence-electron chi connectivity index (χ3n) is 3.81. The number of methoxy groups -OCH3 is 1. The van der Waals surface area contributed by atoms with Crippen molar-refractivity contribution < 1.29 is 19.0 Å². The summed E-state index contributed by atoms with van der Waals surface area (Å²) in [6.45, 7) is 5.27. The Morgan fingerprint density at radius 3 is 2.48 bits per heavy atom. The molecule has 0 saturated heterocycles. The van der Waals surface area contributed by atoms with Crippen LogP contribution in [0.3, 0.4) is 0 Å². The molecule has 0 unspecified atom stereocenters. The molecule has 0 saturated carbocycles. The lowest BCUT2D eigenvalue weighted by Gasteiger charge is -2.12. The van der Waals surface area contributed by atoms with E-state index in [1.165, 1.54) is 6.08 Å². The van der Waals surface area contributed by atoms with Gasteiger partial charge in [-0.3, -0.25) is 4.79 Å². The van der Waals surface area contributed by atoms with E-state index in [2.05, 4.69) is 12.2 Å². The van der Waals surface area contributed by atoms with Crippen molar-refractivity contribution in [3.05, 3.63) is 54.1 Å². The number of ether oxygens (including phenoxy) is 3. The molecule has 27 heavy (non-hydrogen) atoms. The van der Waals surface area contributed by atoms with Crippen molar-refractivity contribution in [2.45, 2.75) is 26.7 Å². The van der Waals surface area contributed by atoms with Crippen LogP contribution in [-0.2, 0) is 4.79 Å². The Labute approximate surface area is 161 Å². The molecule has 0 bridgehead atoms. The zero-order valence-electron chi connectivity index (χ0n) is 16.2. The zero-order chi connectivity index (χ0) is 19.5. The fourth-order valence-corrected chi connectivity index (χ4v) is 2.37. The van der Waals surface area contributed by atoms with E-state index < -0.39 is 0 Å². The van der Waals surface area contributed by atoms with Gasteiger partial charge in [0.15, 0.2) is 11.5 Å². The largest absolute Gasteiger partial charge is 0.497 e. The summed E-state index contributed by atoms with van der Waals surface area (Å²) in [6.07, 6.45) is 5.32. The van der Waals surface area contributed by atoms with Crippen LogP contribution in [0.4, 0.5) is 5.69 Å². The summed E-state index contributed by atoms with van der Waals surface area (Å²) in [5, 5.41) is 2.81. The van der Waals surface area contributed by atoms with Crippen LogP contribution in [0, 0.1) is 0 Å². The van der Waals surface area contributed by atoms with Gasteiger partial charge in [-0.15, -0.1) is 0 Å². The minimum atomic E-state index is -0.207. The number of hydrogen-bond donors (Lipinski definition) is 1. The van der Waals surface area contributed by atoms with Gasteiger partial charge in [-0.2, -0.15) is 0 Å². The third-order valence-corrected chi connectivity index (χ3v) is 3.81. The number of nitrogens with one attached hydrogen (secondary N) is 1. The number of anilines is 1.